The van der Waals surface area contributed by atoms with E-state index < -0.39 is 6.04 Å². The molecular formula is C18H27N3O3. The summed E-state index contributed by atoms with van der Waals surface area (Å²) in [7, 11) is 0. The SMILES string of the molecule is C[C@@H](NC(=O)NCCOc1ccccc1)C(=O)N1CCCC[C@@H]1C. The fourth-order valence-corrected chi connectivity index (χ4v) is 2.83. The van der Waals surface area contributed by atoms with E-state index in [0.717, 1.165) is 31.6 Å². The van der Waals surface area contributed by atoms with Crippen LogP contribution in [0.4, 0.5) is 4.79 Å². The molecule has 24 heavy (non-hydrogen) atoms. The summed E-state index contributed by atoms with van der Waals surface area (Å²) in [5.74, 6) is 0.750. The van der Waals surface area contributed by atoms with Gasteiger partial charge in [-0.3, -0.25) is 4.79 Å². The molecule has 0 spiro atoms. The smallest absolute Gasteiger partial charge is 0.315 e. The number of ether oxygens (including phenoxy) is 1. The van der Waals surface area contributed by atoms with Crippen LogP contribution in [0.1, 0.15) is 33.1 Å². The second-order valence-corrected chi connectivity index (χ2v) is 6.16. The Morgan fingerprint density at radius 3 is 2.75 bits per heavy atom. The van der Waals surface area contributed by atoms with Crippen LogP contribution in [0, 0.1) is 0 Å². The average Bonchev–Trinajstić information content (AvgIpc) is 2.59. The number of rotatable bonds is 6. The first-order valence-electron chi connectivity index (χ1n) is 8.60. The third-order valence-corrected chi connectivity index (χ3v) is 4.20. The van der Waals surface area contributed by atoms with Gasteiger partial charge in [0.2, 0.25) is 5.91 Å². The molecule has 0 bridgehead atoms. The number of amides is 3. The first-order valence-corrected chi connectivity index (χ1v) is 8.60. The maximum Gasteiger partial charge on any atom is 0.315 e. The Kier molecular flexibility index (Phi) is 6.90. The summed E-state index contributed by atoms with van der Waals surface area (Å²) in [5, 5.41) is 5.41. The third kappa shape index (κ3) is 5.44. The van der Waals surface area contributed by atoms with Crippen molar-refractivity contribution in [3.05, 3.63) is 30.3 Å². The van der Waals surface area contributed by atoms with Gasteiger partial charge >= 0.3 is 6.03 Å². The van der Waals surface area contributed by atoms with Crippen molar-refractivity contribution in [1.82, 2.24) is 15.5 Å². The van der Waals surface area contributed by atoms with E-state index >= 15 is 0 Å². The van der Waals surface area contributed by atoms with E-state index in [1.807, 2.05) is 35.2 Å². The van der Waals surface area contributed by atoms with Gasteiger partial charge < -0.3 is 20.3 Å². The quantitative estimate of drug-likeness (QED) is 0.784. The molecule has 2 N–H and O–H groups in total. The number of hydrogen-bond donors (Lipinski definition) is 2. The van der Waals surface area contributed by atoms with Crippen LogP contribution >= 0.6 is 0 Å². The molecule has 0 aliphatic carbocycles. The van der Waals surface area contributed by atoms with Crippen molar-refractivity contribution < 1.29 is 14.3 Å². The van der Waals surface area contributed by atoms with E-state index in [4.69, 9.17) is 4.74 Å². The first-order chi connectivity index (χ1) is 11.6. The largest absolute Gasteiger partial charge is 0.492 e. The minimum absolute atomic E-state index is 0.0158. The van der Waals surface area contributed by atoms with E-state index in [1.165, 1.54) is 0 Å². The zero-order chi connectivity index (χ0) is 17.4. The van der Waals surface area contributed by atoms with Gasteiger partial charge in [0, 0.05) is 12.6 Å². The fraction of sp³-hybridized carbons (Fsp3) is 0.556. The monoisotopic (exact) mass is 333 g/mol. The zero-order valence-corrected chi connectivity index (χ0v) is 14.5. The summed E-state index contributed by atoms with van der Waals surface area (Å²) in [6, 6.07) is 8.80. The summed E-state index contributed by atoms with van der Waals surface area (Å²) in [5.41, 5.74) is 0. The number of nitrogens with one attached hydrogen (secondary N) is 2. The van der Waals surface area contributed by atoms with Gasteiger partial charge in [-0.05, 0) is 45.2 Å². The minimum Gasteiger partial charge on any atom is -0.492 e. The second-order valence-electron chi connectivity index (χ2n) is 6.16. The molecular weight excluding hydrogens is 306 g/mol. The summed E-state index contributed by atoms with van der Waals surface area (Å²) in [6.45, 7) is 5.32. The number of para-hydroxylation sites is 1. The molecule has 2 atom stereocenters. The molecule has 1 aliphatic heterocycles. The Morgan fingerprint density at radius 2 is 2.04 bits per heavy atom. The Morgan fingerprint density at radius 1 is 1.29 bits per heavy atom. The molecule has 1 aromatic rings. The number of nitrogens with zero attached hydrogens (tertiary/aromatic N) is 1. The lowest BCUT2D eigenvalue weighted by Gasteiger charge is -2.35. The Balaban J connectivity index is 1.66. The summed E-state index contributed by atoms with van der Waals surface area (Å²) >= 11 is 0. The third-order valence-electron chi connectivity index (χ3n) is 4.20. The molecule has 1 fully saturated rings. The Labute approximate surface area is 143 Å². The van der Waals surface area contributed by atoms with Crippen LogP contribution in [0.3, 0.4) is 0 Å². The van der Waals surface area contributed by atoms with E-state index in [-0.39, 0.29) is 18.0 Å². The highest BCUT2D eigenvalue weighted by Crippen LogP contribution is 2.17. The van der Waals surface area contributed by atoms with Gasteiger partial charge in [-0.25, -0.2) is 4.79 Å². The number of hydrogen-bond acceptors (Lipinski definition) is 3. The molecule has 0 aromatic heterocycles. The molecule has 132 valence electrons. The van der Waals surface area contributed by atoms with Crippen molar-refractivity contribution in [2.24, 2.45) is 0 Å². The van der Waals surface area contributed by atoms with E-state index in [0.29, 0.717) is 13.2 Å². The van der Waals surface area contributed by atoms with Crippen molar-refractivity contribution in [3.63, 3.8) is 0 Å². The van der Waals surface area contributed by atoms with E-state index in [9.17, 15) is 9.59 Å². The number of likely N-dealkylation sites (tertiary alicyclic amines) is 1. The van der Waals surface area contributed by atoms with Crippen molar-refractivity contribution in [2.75, 3.05) is 19.7 Å². The standard InChI is InChI=1S/C18H27N3O3/c1-14-8-6-7-12-21(14)17(22)15(2)20-18(23)19-11-13-24-16-9-4-3-5-10-16/h3-5,9-10,14-15H,6-8,11-13H2,1-2H3,(H2,19,20,23)/t14-,15+/m0/s1. The number of urea groups is 1. The lowest BCUT2D eigenvalue weighted by atomic mass is 10.0. The van der Waals surface area contributed by atoms with E-state index in [1.54, 1.807) is 6.92 Å². The zero-order valence-electron chi connectivity index (χ0n) is 14.5. The van der Waals surface area contributed by atoms with Crippen LogP contribution in [0.5, 0.6) is 5.75 Å². The maximum atomic E-state index is 12.4. The number of carbonyl (C=O) groups is 2. The van der Waals surface area contributed by atoms with Gasteiger partial charge in [0.15, 0.2) is 0 Å². The first kappa shape index (κ1) is 18.1. The van der Waals surface area contributed by atoms with Crippen LogP contribution in [-0.4, -0.2) is 48.6 Å². The van der Waals surface area contributed by atoms with Crippen LogP contribution in [-0.2, 0) is 4.79 Å². The summed E-state index contributed by atoms with van der Waals surface area (Å²) < 4.78 is 5.50. The predicted octanol–water partition coefficient (Wildman–Crippen LogP) is 2.15. The molecule has 1 heterocycles. The molecule has 6 heteroatoms. The molecule has 1 aromatic carbocycles. The van der Waals surface area contributed by atoms with E-state index in [2.05, 4.69) is 17.6 Å². The van der Waals surface area contributed by atoms with Crippen molar-refractivity contribution in [2.45, 2.75) is 45.2 Å². The van der Waals surface area contributed by atoms with Gasteiger partial charge in [0.25, 0.3) is 0 Å². The number of piperidine rings is 1. The lowest BCUT2D eigenvalue weighted by Crippen LogP contribution is -2.53. The molecule has 2 rings (SSSR count). The van der Waals surface area contributed by atoms with Crippen LogP contribution < -0.4 is 15.4 Å². The maximum absolute atomic E-state index is 12.4. The Bertz CT molecular complexity index is 536. The minimum atomic E-state index is -0.527. The molecule has 3 amide bonds. The molecule has 1 saturated heterocycles. The van der Waals surface area contributed by atoms with Gasteiger partial charge in [-0.2, -0.15) is 0 Å². The van der Waals surface area contributed by atoms with Crippen molar-refractivity contribution >= 4 is 11.9 Å². The van der Waals surface area contributed by atoms with Crippen molar-refractivity contribution in [3.8, 4) is 5.75 Å². The number of benzene rings is 1. The van der Waals surface area contributed by atoms with Gasteiger partial charge in [-0.1, -0.05) is 18.2 Å². The summed E-state index contributed by atoms with van der Waals surface area (Å²) in [4.78, 5) is 26.2. The topological polar surface area (TPSA) is 70.7 Å². The number of carbonyl (C=O) groups excluding carboxylic acids is 2. The van der Waals surface area contributed by atoms with Gasteiger partial charge in [-0.15, -0.1) is 0 Å². The normalized spacial score (nSPS) is 18.6. The highest BCUT2D eigenvalue weighted by molar-refractivity contribution is 5.86. The predicted molar refractivity (Wildman–Crippen MR) is 93.0 cm³/mol. The highest BCUT2D eigenvalue weighted by atomic mass is 16.5. The van der Waals surface area contributed by atoms with Gasteiger partial charge in [0.1, 0.15) is 18.4 Å². The van der Waals surface area contributed by atoms with Gasteiger partial charge in [0.05, 0.1) is 6.54 Å². The van der Waals surface area contributed by atoms with Crippen LogP contribution in [0.25, 0.3) is 0 Å². The van der Waals surface area contributed by atoms with Crippen LogP contribution in [0.15, 0.2) is 30.3 Å². The molecule has 1 aliphatic rings. The lowest BCUT2D eigenvalue weighted by molar-refractivity contribution is -0.136. The van der Waals surface area contributed by atoms with Crippen LogP contribution in [0.2, 0.25) is 0 Å². The summed E-state index contributed by atoms with van der Waals surface area (Å²) in [6.07, 6.45) is 3.22. The van der Waals surface area contributed by atoms with Crippen molar-refractivity contribution in [1.29, 1.82) is 0 Å². The molecule has 0 saturated carbocycles. The molecule has 6 nitrogen and oxygen atoms in total. The molecule has 0 unspecified atom stereocenters. The fourth-order valence-electron chi connectivity index (χ4n) is 2.83. The Hall–Kier alpha value is -2.24. The second kappa shape index (κ2) is 9.15. The highest BCUT2D eigenvalue weighted by Gasteiger charge is 2.27. The molecule has 0 radical (unpaired) electrons. The average molecular weight is 333 g/mol.